The second-order valence-electron chi connectivity index (χ2n) is 3.93. The molecule has 0 heterocycles. The summed E-state index contributed by atoms with van der Waals surface area (Å²) >= 11 is 0. The third-order valence-corrected chi connectivity index (χ3v) is 2.46. The molecule has 0 saturated heterocycles. The lowest BCUT2D eigenvalue weighted by Crippen LogP contribution is -2.10. The smallest absolute Gasteiger partial charge is 0.121 e. The zero-order valence-electron chi connectivity index (χ0n) is 10.2. The SMILES string of the molecule is CCC(C)Oc1cccc(NCCCN)c1. The number of hydrogen-bond acceptors (Lipinski definition) is 3. The van der Waals surface area contributed by atoms with E-state index in [1.165, 1.54) is 0 Å². The van der Waals surface area contributed by atoms with Crippen LogP contribution in [0.3, 0.4) is 0 Å². The summed E-state index contributed by atoms with van der Waals surface area (Å²) in [4.78, 5) is 0. The van der Waals surface area contributed by atoms with E-state index in [0.717, 1.165) is 37.4 Å². The summed E-state index contributed by atoms with van der Waals surface area (Å²) in [6, 6.07) is 8.06. The quantitative estimate of drug-likeness (QED) is 0.697. The van der Waals surface area contributed by atoms with Gasteiger partial charge in [-0.05, 0) is 38.4 Å². The van der Waals surface area contributed by atoms with Crippen molar-refractivity contribution in [3.63, 3.8) is 0 Å². The van der Waals surface area contributed by atoms with Gasteiger partial charge < -0.3 is 15.8 Å². The number of anilines is 1. The van der Waals surface area contributed by atoms with Gasteiger partial charge in [0.05, 0.1) is 6.10 Å². The molecule has 0 amide bonds. The maximum atomic E-state index is 5.75. The third-order valence-electron chi connectivity index (χ3n) is 2.46. The van der Waals surface area contributed by atoms with Gasteiger partial charge in [-0.25, -0.2) is 0 Å². The van der Waals surface area contributed by atoms with Crippen LogP contribution in [0.1, 0.15) is 26.7 Å². The average Bonchev–Trinajstić information content (AvgIpc) is 2.30. The van der Waals surface area contributed by atoms with E-state index in [-0.39, 0.29) is 6.10 Å². The summed E-state index contributed by atoms with van der Waals surface area (Å²) in [6.07, 6.45) is 2.26. The Morgan fingerprint density at radius 2 is 2.25 bits per heavy atom. The van der Waals surface area contributed by atoms with Gasteiger partial charge in [0.15, 0.2) is 0 Å². The molecule has 0 fully saturated rings. The van der Waals surface area contributed by atoms with Crippen molar-refractivity contribution < 1.29 is 4.74 Å². The maximum absolute atomic E-state index is 5.75. The van der Waals surface area contributed by atoms with Crippen LogP contribution in [0.4, 0.5) is 5.69 Å². The molecule has 3 N–H and O–H groups in total. The van der Waals surface area contributed by atoms with Crippen LogP contribution in [-0.4, -0.2) is 19.2 Å². The molecule has 1 rings (SSSR count). The van der Waals surface area contributed by atoms with Crippen molar-refractivity contribution in [1.29, 1.82) is 0 Å². The van der Waals surface area contributed by atoms with Crippen molar-refractivity contribution in [2.75, 3.05) is 18.4 Å². The highest BCUT2D eigenvalue weighted by Crippen LogP contribution is 2.19. The van der Waals surface area contributed by atoms with Crippen molar-refractivity contribution in [2.45, 2.75) is 32.8 Å². The van der Waals surface area contributed by atoms with E-state index in [0.29, 0.717) is 0 Å². The molecule has 0 aliphatic rings. The van der Waals surface area contributed by atoms with Crippen LogP contribution < -0.4 is 15.8 Å². The van der Waals surface area contributed by atoms with Crippen LogP contribution in [0.25, 0.3) is 0 Å². The van der Waals surface area contributed by atoms with Gasteiger partial charge in [0.25, 0.3) is 0 Å². The molecule has 1 atom stereocenters. The van der Waals surface area contributed by atoms with Gasteiger partial charge in [-0.15, -0.1) is 0 Å². The molecule has 0 spiro atoms. The summed E-state index contributed by atoms with van der Waals surface area (Å²) < 4.78 is 5.75. The predicted octanol–water partition coefficient (Wildman–Crippen LogP) is 2.62. The molecule has 0 radical (unpaired) electrons. The van der Waals surface area contributed by atoms with E-state index < -0.39 is 0 Å². The summed E-state index contributed by atoms with van der Waals surface area (Å²) in [5, 5.41) is 3.32. The Hall–Kier alpha value is -1.22. The molecule has 16 heavy (non-hydrogen) atoms. The fraction of sp³-hybridized carbons (Fsp3) is 0.538. The van der Waals surface area contributed by atoms with Gasteiger partial charge in [-0.1, -0.05) is 13.0 Å². The molecule has 1 aromatic rings. The topological polar surface area (TPSA) is 47.3 Å². The van der Waals surface area contributed by atoms with E-state index in [2.05, 4.69) is 19.2 Å². The van der Waals surface area contributed by atoms with Gasteiger partial charge >= 0.3 is 0 Å². The fourth-order valence-corrected chi connectivity index (χ4v) is 1.33. The summed E-state index contributed by atoms with van der Waals surface area (Å²) in [5.41, 5.74) is 6.53. The molecule has 90 valence electrons. The largest absolute Gasteiger partial charge is 0.491 e. The van der Waals surface area contributed by atoms with Crippen molar-refractivity contribution in [1.82, 2.24) is 0 Å². The van der Waals surface area contributed by atoms with Gasteiger partial charge in [0.2, 0.25) is 0 Å². The molecule has 0 saturated carbocycles. The first-order valence-electron chi connectivity index (χ1n) is 5.97. The first-order chi connectivity index (χ1) is 7.76. The molecular weight excluding hydrogens is 200 g/mol. The maximum Gasteiger partial charge on any atom is 0.121 e. The molecule has 3 heteroatoms. The predicted molar refractivity (Wildman–Crippen MR) is 69.0 cm³/mol. The fourth-order valence-electron chi connectivity index (χ4n) is 1.33. The first-order valence-corrected chi connectivity index (χ1v) is 5.97. The second-order valence-corrected chi connectivity index (χ2v) is 3.93. The molecule has 0 aromatic heterocycles. The minimum Gasteiger partial charge on any atom is -0.491 e. The zero-order valence-corrected chi connectivity index (χ0v) is 10.2. The number of ether oxygens (including phenoxy) is 1. The highest BCUT2D eigenvalue weighted by Gasteiger charge is 2.01. The van der Waals surface area contributed by atoms with Crippen molar-refractivity contribution in [3.05, 3.63) is 24.3 Å². The number of nitrogens with two attached hydrogens (primary N) is 1. The standard InChI is InChI=1S/C13H22N2O/c1-3-11(2)16-13-7-4-6-12(10-13)15-9-5-8-14/h4,6-7,10-11,15H,3,5,8-9,14H2,1-2H3. The van der Waals surface area contributed by atoms with Crippen molar-refractivity contribution in [2.24, 2.45) is 5.73 Å². The van der Waals surface area contributed by atoms with Gasteiger partial charge in [0, 0.05) is 18.3 Å². The zero-order chi connectivity index (χ0) is 11.8. The van der Waals surface area contributed by atoms with Crippen LogP contribution in [0.2, 0.25) is 0 Å². The Bertz CT molecular complexity index is 302. The molecular formula is C13H22N2O. The van der Waals surface area contributed by atoms with Gasteiger partial charge in [-0.3, -0.25) is 0 Å². The summed E-state index contributed by atoms with van der Waals surface area (Å²) in [6.45, 7) is 5.82. The highest BCUT2D eigenvalue weighted by molar-refractivity contribution is 5.48. The number of nitrogens with one attached hydrogen (secondary N) is 1. The Kier molecular flexibility index (Phi) is 5.72. The Morgan fingerprint density at radius 1 is 1.44 bits per heavy atom. The van der Waals surface area contributed by atoms with Crippen LogP contribution in [0.15, 0.2) is 24.3 Å². The second kappa shape index (κ2) is 7.12. The van der Waals surface area contributed by atoms with Crippen LogP contribution in [-0.2, 0) is 0 Å². The Balaban J connectivity index is 2.50. The lowest BCUT2D eigenvalue weighted by Gasteiger charge is -2.13. The highest BCUT2D eigenvalue weighted by atomic mass is 16.5. The molecule has 0 bridgehead atoms. The lowest BCUT2D eigenvalue weighted by molar-refractivity contribution is 0.217. The molecule has 3 nitrogen and oxygen atoms in total. The van der Waals surface area contributed by atoms with Crippen molar-refractivity contribution >= 4 is 5.69 Å². The average molecular weight is 222 g/mol. The molecule has 1 unspecified atom stereocenters. The first kappa shape index (κ1) is 12.8. The van der Waals surface area contributed by atoms with E-state index in [1.54, 1.807) is 0 Å². The minimum absolute atomic E-state index is 0.263. The van der Waals surface area contributed by atoms with E-state index in [4.69, 9.17) is 10.5 Å². The van der Waals surface area contributed by atoms with Crippen molar-refractivity contribution in [3.8, 4) is 5.75 Å². The van der Waals surface area contributed by atoms with E-state index in [1.807, 2.05) is 24.3 Å². The van der Waals surface area contributed by atoms with Gasteiger partial charge in [-0.2, -0.15) is 0 Å². The minimum atomic E-state index is 0.263. The summed E-state index contributed by atoms with van der Waals surface area (Å²) in [7, 11) is 0. The monoisotopic (exact) mass is 222 g/mol. The Morgan fingerprint density at radius 3 is 2.94 bits per heavy atom. The third kappa shape index (κ3) is 4.53. The normalized spacial score (nSPS) is 12.2. The van der Waals surface area contributed by atoms with Gasteiger partial charge in [0.1, 0.15) is 5.75 Å². The molecule has 0 aliphatic heterocycles. The Labute approximate surface area is 98.0 Å². The van der Waals surface area contributed by atoms with E-state index >= 15 is 0 Å². The molecule has 0 aliphatic carbocycles. The van der Waals surface area contributed by atoms with Crippen LogP contribution in [0.5, 0.6) is 5.75 Å². The van der Waals surface area contributed by atoms with Crippen LogP contribution >= 0.6 is 0 Å². The lowest BCUT2D eigenvalue weighted by atomic mass is 10.2. The molecule has 1 aromatic carbocycles. The summed E-state index contributed by atoms with van der Waals surface area (Å²) in [5.74, 6) is 0.923. The number of benzene rings is 1. The van der Waals surface area contributed by atoms with E-state index in [9.17, 15) is 0 Å². The number of rotatable bonds is 7. The number of hydrogen-bond donors (Lipinski definition) is 2. The van der Waals surface area contributed by atoms with Crippen LogP contribution in [0, 0.1) is 0 Å².